The van der Waals surface area contributed by atoms with Gasteiger partial charge in [0.1, 0.15) is 37.1 Å². The molecule has 4 aromatic rings. The normalized spacial score (nSPS) is 37.5. The zero-order valence-electron chi connectivity index (χ0n) is 25.8. The van der Waals surface area contributed by atoms with Gasteiger partial charge in [0.2, 0.25) is 0 Å². The van der Waals surface area contributed by atoms with Crippen molar-refractivity contribution in [2.45, 2.75) is 62.1 Å². The zero-order valence-corrected chi connectivity index (χ0v) is 28.5. The molecule has 0 aliphatic carbocycles. The molecule has 6 unspecified atom stereocenters. The standard InChI is InChI=1S/C24H27BF2N10O10P2S/c25-48(38)42-5-11-18(16(27)24(44-11)37-22-14-10(33-37)2-4-41-35-20(14)29-8-31-22)47-49(39,50)43-6-12-17(46-48)15(26)23(45-12)36-21-13-9(32-36)1-3-40-34-19(13)28-7-30-21/h7-8,11-12,15-18,23-24H,1-6,25H2,(H,39,50)(H,28,30,34)(H,29,31,35)/t11-,12-,15?,16?,17?,18?,23-,24-,48?,49?/m1/s1. The molecule has 0 saturated carbocycles. The number of hydrogen-bond donors (Lipinski definition) is 3. The number of aromatic nitrogens is 8. The van der Waals surface area contributed by atoms with E-state index in [1.54, 1.807) is 0 Å². The fourth-order valence-corrected chi connectivity index (χ4v) is 9.25. The second-order valence-electron chi connectivity index (χ2n) is 12.0. The number of rotatable bonds is 2. The molecular weight excluding hydrogens is 731 g/mol. The molecule has 0 amide bonds. The van der Waals surface area contributed by atoms with Crippen molar-refractivity contribution in [3.63, 3.8) is 0 Å². The van der Waals surface area contributed by atoms with Crippen LogP contribution in [0.2, 0.25) is 0 Å². The lowest BCUT2D eigenvalue weighted by molar-refractivity contribution is -0.0584. The van der Waals surface area contributed by atoms with Gasteiger partial charge in [-0.25, -0.2) is 53.6 Å². The van der Waals surface area contributed by atoms with Crippen molar-refractivity contribution < 1.29 is 55.2 Å². The van der Waals surface area contributed by atoms with Crippen LogP contribution in [0.5, 0.6) is 0 Å². The molecule has 3 fully saturated rings. The first-order chi connectivity index (χ1) is 24.1. The first-order valence-electron chi connectivity index (χ1n) is 15.4. The van der Waals surface area contributed by atoms with Gasteiger partial charge in [-0.05, 0) is 0 Å². The Morgan fingerprint density at radius 3 is 1.82 bits per heavy atom. The molecule has 9 rings (SSSR count). The third-order valence-electron chi connectivity index (χ3n) is 8.80. The molecule has 3 saturated heterocycles. The van der Waals surface area contributed by atoms with Crippen molar-refractivity contribution in [3.05, 3.63) is 24.0 Å². The highest BCUT2D eigenvalue weighted by Gasteiger charge is 2.54. The predicted octanol–water partition coefficient (Wildman–Crippen LogP) is 1.53. The maximum Gasteiger partial charge on any atom is 0.386 e. The molecule has 10 atom stereocenters. The first-order valence-corrected chi connectivity index (χ1v) is 20.1. The molecule has 5 aliphatic heterocycles. The summed E-state index contributed by atoms with van der Waals surface area (Å²) < 4.78 is 97.1. The van der Waals surface area contributed by atoms with E-state index in [2.05, 4.69) is 53.3 Å². The van der Waals surface area contributed by atoms with E-state index < -0.39 is 76.7 Å². The van der Waals surface area contributed by atoms with Gasteiger partial charge in [0.15, 0.2) is 47.7 Å². The molecule has 2 N–H and O–H groups in total. The Bertz CT molecular complexity index is 1940. The number of fused-ring (bicyclic) bond motifs is 2. The molecule has 266 valence electrons. The molecular formula is C24H27BF2N10O10P2S. The SMILES string of the molecule is BP1(=O)OC[C@H]2O[C@@H](n3nc4c5c(ncnc53)NOCC4)C(F)C2OP(=O)(S)OC[C@H]2O[C@@H](n3nc4c5c(ncnc53)NOCC4)C(F)C2O1. The van der Waals surface area contributed by atoms with E-state index in [1.807, 2.05) is 0 Å². The van der Waals surface area contributed by atoms with Gasteiger partial charge in [-0.3, -0.25) is 23.3 Å². The summed E-state index contributed by atoms with van der Waals surface area (Å²) in [7, 11) is -2.99. The third-order valence-corrected chi connectivity index (χ3v) is 11.7. The molecule has 4 aromatic heterocycles. The van der Waals surface area contributed by atoms with E-state index in [-0.39, 0.29) is 24.5 Å². The molecule has 0 radical (unpaired) electrons. The minimum atomic E-state index is -4.41. The maximum atomic E-state index is 16.4. The largest absolute Gasteiger partial charge is 0.386 e. The number of nitrogens with zero attached hydrogens (tertiary/aromatic N) is 8. The van der Waals surface area contributed by atoms with Crippen molar-refractivity contribution in [1.29, 1.82) is 0 Å². The van der Waals surface area contributed by atoms with Gasteiger partial charge in [0.05, 0.1) is 48.6 Å². The van der Waals surface area contributed by atoms with Crippen LogP contribution < -0.4 is 11.0 Å². The second kappa shape index (κ2) is 12.4. The maximum absolute atomic E-state index is 16.4. The molecule has 20 nitrogen and oxygen atoms in total. The summed E-state index contributed by atoms with van der Waals surface area (Å²) in [5, 5.41) is 10.1. The van der Waals surface area contributed by atoms with E-state index >= 15 is 8.78 Å². The van der Waals surface area contributed by atoms with Gasteiger partial charge in [-0.2, -0.15) is 10.2 Å². The topological polar surface area (TPSA) is 219 Å². The summed E-state index contributed by atoms with van der Waals surface area (Å²) in [4.78, 5) is 27.5. The quantitative estimate of drug-likeness (QED) is 0.150. The number of nitrogens with one attached hydrogen (secondary N) is 2. The van der Waals surface area contributed by atoms with Crippen LogP contribution in [0, 0.1) is 0 Å². The molecule has 0 aromatic carbocycles. The van der Waals surface area contributed by atoms with Crippen LogP contribution >= 0.6 is 26.5 Å². The van der Waals surface area contributed by atoms with Gasteiger partial charge >= 0.3 is 6.80 Å². The lowest BCUT2D eigenvalue weighted by Gasteiger charge is -2.28. The van der Waals surface area contributed by atoms with Crippen LogP contribution in [-0.4, -0.2) is 110 Å². The van der Waals surface area contributed by atoms with E-state index in [1.165, 1.54) is 22.0 Å². The number of anilines is 2. The van der Waals surface area contributed by atoms with E-state index in [0.717, 1.165) is 7.57 Å². The molecule has 50 heavy (non-hydrogen) atoms. The van der Waals surface area contributed by atoms with E-state index in [0.29, 0.717) is 46.6 Å². The molecule has 9 heterocycles. The van der Waals surface area contributed by atoms with Crippen LogP contribution in [0.1, 0.15) is 23.8 Å². The Kier molecular flexibility index (Phi) is 8.16. The fourth-order valence-electron chi connectivity index (χ4n) is 6.60. The highest BCUT2D eigenvalue weighted by atomic mass is 32.7. The van der Waals surface area contributed by atoms with E-state index in [9.17, 15) is 9.13 Å². The zero-order chi connectivity index (χ0) is 34.4. The van der Waals surface area contributed by atoms with Crippen LogP contribution in [-0.2, 0) is 59.2 Å². The molecule has 26 heteroatoms. The summed E-state index contributed by atoms with van der Waals surface area (Å²) >= 11 is 4.09. The predicted molar refractivity (Wildman–Crippen MR) is 169 cm³/mol. The number of alkyl halides is 2. The first kappa shape index (κ1) is 33.0. The summed E-state index contributed by atoms with van der Waals surface area (Å²) in [5.41, 5.74) is 6.98. The Morgan fingerprint density at radius 1 is 0.780 bits per heavy atom. The smallest absolute Gasteiger partial charge is 0.345 e. The van der Waals surface area contributed by atoms with Gasteiger partial charge in [0, 0.05) is 12.8 Å². The van der Waals surface area contributed by atoms with Crippen molar-refractivity contribution in [2.75, 3.05) is 37.4 Å². The summed E-state index contributed by atoms with van der Waals surface area (Å²) in [6.07, 6.45) is -9.52. The van der Waals surface area contributed by atoms with Crippen LogP contribution in [0.25, 0.3) is 22.1 Å². The molecule has 0 bridgehead atoms. The van der Waals surface area contributed by atoms with Crippen LogP contribution in [0.15, 0.2) is 12.7 Å². The summed E-state index contributed by atoms with van der Waals surface area (Å²) in [5.74, 6) is 0.681. The van der Waals surface area contributed by atoms with Crippen molar-refractivity contribution in [3.8, 4) is 0 Å². The van der Waals surface area contributed by atoms with Gasteiger partial charge < -0.3 is 18.5 Å². The van der Waals surface area contributed by atoms with Gasteiger partial charge in [-0.15, -0.1) is 0 Å². The van der Waals surface area contributed by atoms with Crippen molar-refractivity contribution in [2.24, 2.45) is 0 Å². The number of thiol groups is 1. The minimum Gasteiger partial charge on any atom is -0.345 e. The van der Waals surface area contributed by atoms with E-state index in [4.69, 9.17) is 37.2 Å². The Morgan fingerprint density at radius 2 is 1.28 bits per heavy atom. The average Bonchev–Trinajstić information content (AvgIpc) is 3.71. The third kappa shape index (κ3) is 5.61. The average molecular weight is 758 g/mol. The highest BCUT2D eigenvalue weighted by Crippen LogP contribution is 2.58. The number of ether oxygens (including phenoxy) is 2. The minimum absolute atomic E-state index is 0.235. The van der Waals surface area contributed by atoms with Crippen molar-refractivity contribution >= 4 is 67.8 Å². The van der Waals surface area contributed by atoms with Crippen molar-refractivity contribution in [1.82, 2.24) is 39.5 Å². The second-order valence-corrected chi connectivity index (χ2v) is 16.9. The Labute approximate surface area is 285 Å². The highest BCUT2D eigenvalue weighted by molar-refractivity contribution is 8.44. The van der Waals surface area contributed by atoms with Gasteiger partial charge in [-0.1, -0.05) is 12.2 Å². The van der Waals surface area contributed by atoms with Crippen LogP contribution in [0.3, 0.4) is 0 Å². The lowest BCUT2D eigenvalue weighted by Crippen LogP contribution is -2.37. The number of halogens is 2. The Hall–Kier alpha value is -2.89. The fraction of sp³-hybridized carbons (Fsp3) is 0.583. The summed E-state index contributed by atoms with van der Waals surface area (Å²) in [6, 6.07) is 0. The monoisotopic (exact) mass is 758 g/mol. The van der Waals surface area contributed by atoms with Crippen LogP contribution in [0.4, 0.5) is 20.4 Å². The molecule has 5 aliphatic rings. The lowest BCUT2D eigenvalue weighted by atomic mass is 10.1. The van der Waals surface area contributed by atoms with Gasteiger partial charge in [0.25, 0.3) is 15.0 Å². The number of hydrogen-bond acceptors (Lipinski definition) is 18. The molecule has 0 spiro atoms. The Balaban J connectivity index is 1.00. The summed E-state index contributed by atoms with van der Waals surface area (Å²) in [6.45, 7) is -5.09.